The third-order valence-electron chi connectivity index (χ3n) is 7.21. The fourth-order valence-electron chi connectivity index (χ4n) is 5.20. The second-order valence-electron chi connectivity index (χ2n) is 9.30. The van der Waals surface area contributed by atoms with E-state index in [2.05, 4.69) is 4.98 Å². The van der Waals surface area contributed by atoms with Crippen molar-refractivity contribution in [1.29, 1.82) is 0 Å². The van der Waals surface area contributed by atoms with Crippen molar-refractivity contribution in [3.63, 3.8) is 0 Å². The van der Waals surface area contributed by atoms with Gasteiger partial charge in [-0.25, -0.2) is 9.78 Å². The van der Waals surface area contributed by atoms with Crippen LogP contribution in [0.3, 0.4) is 0 Å². The summed E-state index contributed by atoms with van der Waals surface area (Å²) in [5, 5.41) is 0. The molecule has 8 heteroatoms. The molecule has 8 nitrogen and oxygen atoms in total. The molecule has 0 spiro atoms. The van der Waals surface area contributed by atoms with Crippen molar-refractivity contribution in [3.05, 3.63) is 29.1 Å². The van der Waals surface area contributed by atoms with Crippen LogP contribution in [0.5, 0.6) is 0 Å². The number of esters is 1. The van der Waals surface area contributed by atoms with E-state index >= 15 is 0 Å². The minimum Gasteiger partial charge on any atom is -0.465 e. The Morgan fingerprint density at radius 1 is 1.06 bits per heavy atom. The van der Waals surface area contributed by atoms with Crippen LogP contribution in [-0.2, 0) is 16.6 Å². The summed E-state index contributed by atoms with van der Waals surface area (Å²) >= 11 is 0. The molecule has 1 saturated heterocycles. The lowest BCUT2D eigenvalue weighted by atomic mass is 9.93. The topological polar surface area (TPSA) is 84.7 Å². The highest BCUT2D eigenvalue weighted by atomic mass is 16.5. The fraction of sp³-hybridized carbons (Fsp3) is 0.583. The van der Waals surface area contributed by atoms with Crippen LogP contribution < -0.4 is 0 Å². The predicted molar refractivity (Wildman–Crippen MR) is 119 cm³/mol. The lowest BCUT2D eigenvalue weighted by Gasteiger charge is -2.40. The number of hydrogen-bond acceptors (Lipinski definition) is 5. The van der Waals surface area contributed by atoms with Crippen LogP contribution in [0.25, 0.3) is 11.0 Å². The van der Waals surface area contributed by atoms with Crippen molar-refractivity contribution in [2.24, 2.45) is 7.05 Å². The molecule has 1 aromatic heterocycles. The number of fused-ring (bicyclic) bond motifs is 1. The molecule has 2 aromatic rings. The molecule has 32 heavy (non-hydrogen) atoms. The number of ether oxygens (including phenoxy) is 1. The molecular formula is C24H30N4O4. The van der Waals surface area contributed by atoms with Crippen molar-refractivity contribution >= 4 is 28.8 Å². The zero-order valence-corrected chi connectivity index (χ0v) is 18.8. The number of hydrogen-bond donors (Lipinski definition) is 0. The van der Waals surface area contributed by atoms with E-state index in [1.54, 1.807) is 16.5 Å². The van der Waals surface area contributed by atoms with Gasteiger partial charge < -0.3 is 19.1 Å². The van der Waals surface area contributed by atoms with E-state index in [4.69, 9.17) is 4.74 Å². The predicted octanol–water partition coefficient (Wildman–Crippen LogP) is 2.85. The molecule has 0 N–H and O–H groups in total. The lowest BCUT2D eigenvalue weighted by Crippen LogP contribution is -2.56. The highest BCUT2D eigenvalue weighted by Crippen LogP contribution is 2.42. The Morgan fingerprint density at radius 2 is 1.81 bits per heavy atom. The van der Waals surface area contributed by atoms with E-state index in [9.17, 15) is 14.4 Å². The van der Waals surface area contributed by atoms with Gasteiger partial charge in [0.15, 0.2) is 5.82 Å². The summed E-state index contributed by atoms with van der Waals surface area (Å²) in [5.74, 6) is -0.0177. The second kappa shape index (κ2) is 8.22. The van der Waals surface area contributed by atoms with Crippen molar-refractivity contribution in [2.45, 2.75) is 56.9 Å². The van der Waals surface area contributed by atoms with Crippen LogP contribution in [0.2, 0.25) is 0 Å². The quantitative estimate of drug-likeness (QED) is 0.686. The summed E-state index contributed by atoms with van der Waals surface area (Å²) in [4.78, 5) is 46.7. The Balaban J connectivity index is 1.42. The minimum atomic E-state index is -0.453. The van der Waals surface area contributed by atoms with Gasteiger partial charge in [0.05, 0.1) is 18.2 Å². The number of carbonyl (C=O) groups is 3. The monoisotopic (exact) mass is 438 g/mol. The highest BCUT2D eigenvalue weighted by Gasteiger charge is 2.34. The summed E-state index contributed by atoms with van der Waals surface area (Å²) in [6.45, 7) is 1.15. The number of methoxy groups -OCH3 is 1. The number of benzene rings is 1. The molecule has 5 rings (SSSR count). The molecule has 2 aliphatic carbocycles. The standard InChI is InChI=1S/C24H30N4O4/c1-26-19-13-16(15-8-9-15)12-18(24(31)32-2)21(19)25-22(26)23(30)27-10-11-28(20(29)14-27)17-6-4-3-5-7-17/h12-13,15,17H,3-11,14H2,1-2H3. The molecule has 1 aliphatic heterocycles. The molecule has 0 atom stereocenters. The number of rotatable bonds is 4. The first-order valence-corrected chi connectivity index (χ1v) is 11.7. The van der Waals surface area contributed by atoms with Crippen LogP contribution in [0, 0.1) is 0 Å². The van der Waals surface area contributed by atoms with Gasteiger partial charge in [-0.2, -0.15) is 0 Å². The number of aryl methyl sites for hydroxylation is 1. The number of nitrogens with zero attached hydrogens (tertiary/aromatic N) is 4. The Labute approximate surface area is 187 Å². The maximum absolute atomic E-state index is 13.4. The van der Waals surface area contributed by atoms with Crippen LogP contribution in [-0.4, -0.2) is 69.9 Å². The number of amides is 2. The van der Waals surface area contributed by atoms with Gasteiger partial charge in [0.25, 0.3) is 5.91 Å². The van der Waals surface area contributed by atoms with Gasteiger partial charge >= 0.3 is 5.97 Å². The summed E-state index contributed by atoms with van der Waals surface area (Å²) in [6.07, 6.45) is 7.90. The Kier molecular flexibility index (Phi) is 5.39. The summed E-state index contributed by atoms with van der Waals surface area (Å²) in [7, 11) is 3.14. The first kappa shape index (κ1) is 21.0. The lowest BCUT2D eigenvalue weighted by molar-refractivity contribution is -0.138. The SMILES string of the molecule is COC(=O)c1cc(C2CC2)cc2c1nc(C(=O)N1CCN(C3CCCCC3)C(=O)C1)n2C. The van der Waals surface area contributed by atoms with Crippen LogP contribution in [0.15, 0.2) is 12.1 Å². The van der Waals surface area contributed by atoms with E-state index in [-0.39, 0.29) is 24.2 Å². The molecule has 3 fully saturated rings. The average Bonchev–Trinajstić information content (AvgIpc) is 3.62. The number of imidazole rings is 1. The van der Waals surface area contributed by atoms with Gasteiger partial charge in [-0.15, -0.1) is 0 Å². The number of aromatic nitrogens is 2. The van der Waals surface area contributed by atoms with Gasteiger partial charge in [0.1, 0.15) is 12.1 Å². The molecule has 0 radical (unpaired) electrons. The average molecular weight is 439 g/mol. The second-order valence-corrected chi connectivity index (χ2v) is 9.30. The number of carbonyl (C=O) groups excluding carboxylic acids is 3. The summed E-state index contributed by atoms with van der Waals surface area (Å²) in [6, 6.07) is 4.18. The summed E-state index contributed by atoms with van der Waals surface area (Å²) < 4.78 is 6.72. The van der Waals surface area contributed by atoms with Gasteiger partial charge in [-0.3, -0.25) is 9.59 Å². The molecule has 1 aromatic carbocycles. The van der Waals surface area contributed by atoms with E-state index in [0.717, 1.165) is 36.8 Å². The third kappa shape index (κ3) is 3.65. The maximum Gasteiger partial charge on any atom is 0.340 e. The van der Waals surface area contributed by atoms with E-state index in [0.29, 0.717) is 36.1 Å². The van der Waals surface area contributed by atoms with E-state index < -0.39 is 5.97 Å². The van der Waals surface area contributed by atoms with Gasteiger partial charge in [0, 0.05) is 26.2 Å². The van der Waals surface area contributed by atoms with Crippen LogP contribution >= 0.6 is 0 Å². The smallest absolute Gasteiger partial charge is 0.340 e. The Hall–Kier alpha value is -2.90. The van der Waals surface area contributed by atoms with E-state index in [1.165, 1.54) is 26.4 Å². The zero-order chi connectivity index (χ0) is 22.4. The minimum absolute atomic E-state index is 0.0153. The zero-order valence-electron chi connectivity index (χ0n) is 18.8. The van der Waals surface area contributed by atoms with E-state index in [1.807, 2.05) is 17.0 Å². The first-order valence-electron chi connectivity index (χ1n) is 11.7. The van der Waals surface area contributed by atoms with Crippen molar-refractivity contribution in [3.8, 4) is 0 Å². The van der Waals surface area contributed by atoms with Crippen molar-refractivity contribution in [2.75, 3.05) is 26.7 Å². The van der Waals surface area contributed by atoms with Gasteiger partial charge in [0.2, 0.25) is 5.91 Å². The fourth-order valence-corrected chi connectivity index (χ4v) is 5.20. The maximum atomic E-state index is 13.4. The van der Waals surface area contributed by atoms with Crippen LogP contribution in [0.4, 0.5) is 0 Å². The molecular weight excluding hydrogens is 408 g/mol. The van der Waals surface area contributed by atoms with Crippen molar-refractivity contribution in [1.82, 2.24) is 19.4 Å². The molecule has 0 bridgehead atoms. The van der Waals surface area contributed by atoms with Gasteiger partial charge in [-0.1, -0.05) is 19.3 Å². The first-order chi connectivity index (χ1) is 15.5. The number of piperazine rings is 1. The summed E-state index contributed by atoms with van der Waals surface area (Å²) in [5.41, 5.74) is 2.68. The Bertz CT molecular complexity index is 1080. The van der Waals surface area contributed by atoms with Crippen LogP contribution in [0.1, 0.15) is 77.4 Å². The molecule has 3 aliphatic rings. The molecule has 0 unspecified atom stereocenters. The largest absolute Gasteiger partial charge is 0.465 e. The van der Waals surface area contributed by atoms with Crippen molar-refractivity contribution < 1.29 is 19.1 Å². The van der Waals surface area contributed by atoms with Gasteiger partial charge in [-0.05, 0) is 49.3 Å². The Morgan fingerprint density at radius 3 is 2.47 bits per heavy atom. The molecule has 2 amide bonds. The molecule has 170 valence electrons. The molecule has 2 saturated carbocycles. The molecule has 2 heterocycles. The highest BCUT2D eigenvalue weighted by molar-refractivity contribution is 6.05. The third-order valence-corrected chi connectivity index (χ3v) is 7.21. The normalized spacial score (nSPS) is 20.1.